The number of nitrogens with zero attached hydrogens (tertiary/aromatic N) is 1. The predicted octanol–water partition coefficient (Wildman–Crippen LogP) is 2.94. The molecule has 1 fully saturated rings. The summed E-state index contributed by atoms with van der Waals surface area (Å²) in [7, 11) is -3.30. The highest BCUT2D eigenvalue weighted by molar-refractivity contribution is 7.92. The van der Waals surface area contributed by atoms with E-state index >= 15 is 0 Å². The topological polar surface area (TPSA) is 97.4 Å². The van der Waals surface area contributed by atoms with Gasteiger partial charge in [0.2, 0.25) is 10.0 Å². The summed E-state index contributed by atoms with van der Waals surface area (Å²) in [4.78, 5) is 16.5. The summed E-state index contributed by atoms with van der Waals surface area (Å²) in [6.07, 6.45) is 2.96. The van der Waals surface area contributed by atoms with Gasteiger partial charge in [0.05, 0.1) is 18.6 Å². The molecule has 1 unspecified atom stereocenters. The van der Waals surface area contributed by atoms with Crippen molar-refractivity contribution >= 4 is 38.1 Å². The van der Waals surface area contributed by atoms with Crippen molar-refractivity contribution in [3.8, 4) is 11.3 Å². The minimum atomic E-state index is -3.30. The second-order valence-corrected chi connectivity index (χ2v) is 9.00. The first-order valence-corrected chi connectivity index (χ1v) is 11.0. The Kier molecular flexibility index (Phi) is 5.59. The van der Waals surface area contributed by atoms with E-state index in [2.05, 4.69) is 15.0 Å². The minimum absolute atomic E-state index is 0.209. The molecule has 26 heavy (non-hydrogen) atoms. The molecule has 7 nitrogen and oxygen atoms in total. The van der Waals surface area contributed by atoms with Gasteiger partial charge in [-0.15, -0.1) is 11.3 Å². The number of carbonyl (C=O) groups excluding carboxylic acids is 1. The quantitative estimate of drug-likeness (QED) is 0.716. The summed E-state index contributed by atoms with van der Waals surface area (Å²) in [5.41, 5.74) is 2.03. The Bertz CT molecular complexity index is 874. The van der Waals surface area contributed by atoms with Crippen molar-refractivity contribution in [3.05, 3.63) is 29.6 Å². The zero-order valence-corrected chi connectivity index (χ0v) is 16.2. The number of rotatable bonds is 8. The number of hydrogen-bond acceptors (Lipinski definition) is 6. The van der Waals surface area contributed by atoms with Crippen LogP contribution in [0.4, 0.5) is 10.8 Å². The average molecular weight is 396 g/mol. The Hall–Kier alpha value is -1.97. The van der Waals surface area contributed by atoms with Crippen molar-refractivity contribution in [2.45, 2.75) is 25.9 Å². The van der Waals surface area contributed by atoms with E-state index in [1.165, 1.54) is 24.2 Å². The van der Waals surface area contributed by atoms with Gasteiger partial charge in [0.25, 0.3) is 5.91 Å². The van der Waals surface area contributed by atoms with Crippen LogP contribution in [-0.4, -0.2) is 38.3 Å². The van der Waals surface area contributed by atoms with Crippen LogP contribution < -0.4 is 10.0 Å². The van der Waals surface area contributed by atoms with Gasteiger partial charge < -0.3 is 4.74 Å². The number of nitrogens with one attached hydrogen (secondary N) is 2. The van der Waals surface area contributed by atoms with Gasteiger partial charge in [-0.2, -0.15) is 0 Å². The van der Waals surface area contributed by atoms with E-state index in [0.29, 0.717) is 29.0 Å². The van der Waals surface area contributed by atoms with Crippen LogP contribution in [0.3, 0.4) is 0 Å². The highest BCUT2D eigenvalue weighted by Gasteiger charge is 2.24. The van der Waals surface area contributed by atoms with Crippen LogP contribution in [0.15, 0.2) is 29.6 Å². The van der Waals surface area contributed by atoms with Crippen molar-refractivity contribution in [1.82, 2.24) is 4.98 Å². The van der Waals surface area contributed by atoms with E-state index < -0.39 is 16.1 Å². The van der Waals surface area contributed by atoms with Crippen LogP contribution in [-0.2, 0) is 19.6 Å². The first-order chi connectivity index (χ1) is 12.3. The maximum atomic E-state index is 12.1. The molecule has 2 N–H and O–H groups in total. The van der Waals surface area contributed by atoms with Gasteiger partial charge in [-0.3, -0.25) is 14.8 Å². The lowest BCUT2D eigenvalue weighted by atomic mass is 10.1. The fraction of sp³-hybridized carbons (Fsp3) is 0.412. The molecule has 1 aliphatic rings. The third-order valence-corrected chi connectivity index (χ3v) is 5.23. The number of carbonyl (C=O) groups is 1. The SMILES string of the molecule is CC(OCC1CC1)C(=O)Nc1nc(-c2ccc(NS(C)(=O)=O)cc2)cs1. The van der Waals surface area contributed by atoms with Crippen molar-refractivity contribution < 1.29 is 17.9 Å². The van der Waals surface area contributed by atoms with Crippen LogP contribution in [0.5, 0.6) is 0 Å². The van der Waals surface area contributed by atoms with Gasteiger partial charge >= 0.3 is 0 Å². The van der Waals surface area contributed by atoms with Crippen molar-refractivity contribution in [3.63, 3.8) is 0 Å². The molecule has 2 aromatic rings. The normalized spacial score (nSPS) is 15.5. The fourth-order valence-corrected chi connectivity index (χ4v) is 3.52. The van der Waals surface area contributed by atoms with E-state index in [4.69, 9.17) is 4.74 Å². The van der Waals surface area contributed by atoms with Crippen molar-refractivity contribution in [1.29, 1.82) is 0 Å². The van der Waals surface area contributed by atoms with Gasteiger partial charge in [-0.05, 0) is 37.8 Å². The van der Waals surface area contributed by atoms with Crippen LogP contribution in [0.25, 0.3) is 11.3 Å². The first-order valence-electron chi connectivity index (χ1n) is 8.26. The van der Waals surface area contributed by atoms with Gasteiger partial charge in [0.1, 0.15) is 6.10 Å². The van der Waals surface area contributed by atoms with E-state index in [0.717, 1.165) is 11.8 Å². The first kappa shape index (κ1) is 18.8. The molecule has 1 aromatic heterocycles. The Morgan fingerprint density at radius 2 is 2.04 bits per heavy atom. The van der Waals surface area contributed by atoms with Gasteiger partial charge in [0, 0.05) is 16.6 Å². The highest BCUT2D eigenvalue weighted by Crippen LogP contribution is 2.29. The maximum Gasteiger partial charge on any atom is 0.254 e. The van der Waals surface area contributed by atoms with Crippen LogP contribution in [0, 0.1) is 5.92 Å². The van der Waals surface area contributed by atoms with E-state index in [-0.39, 0.29) is 5.91 Å². The monoisotopic (exact) mass is 395 g/mol. The zero-order chi connectivity index (χ0) is 18.7. The molecule has 1 heterocycles. The third kappa shape index (κ3) is 5.52. The molecule has 0 saturated heterocycles. The smallest absolute Gasteiger partial charge is 0.254 e. The van der Waals surface area contributed by atoms with Crippen LogP contribution in [0.2, 0.25) is 0 Å². The van der Waals surface area contributed by atoms with Crippen LogP contribution in [0.1, 0.15) is 19.8 Å². The largest absolute Gasteiger partial charge is 0.368 e. The summed E-state index contributed by atoms with van der Waals surface area (Å²) in [5.74, 6) is 0.399. The number of ether oxygens (including phenoxy) is 1. The Balaban J connectivity index is 1.59. The molecule has 3 rings (SSSR count). The molecule has 0 aliphatic heterocycles. The number of anilines is 2. The number of thiazole rings is 1. The van der Waals surface area contributed by atoms with Gasteiger partial charge in [-0.1, -0.05) is 12.1 Å². The Morgan fingerprint density at radius 3 is 2.65 bits per heavy atom. The van der Waals surface area contributed by atoms with Gasteiger partial charge in [0.15, 0.2) is 5.13 Å². The van der Waals surface area contributed by atoms with E-state index in [9.17, 15) is 13.2 Å². The molecule has 0 radical (unpaired) electrons. The third-order valence-electron chi connectivity index (χ3n) is 3.87. The second kappa shape index (κ2) is 7.73. The molecule has 1 aromatic carbocycles. The molecule has 1 aliphatic carbocycles. The lowest BCUT2D eigenvalue weighted by molar-refractivity contribution is -0.126. The molecule has 1 amide bonds. The standard InChI is InChI=1S/C17H21N3O4S2/c1-11(24-9-12-3-4-12)16(21)19-17-18-15(10-25-17)13-5-7-14(8-6-13)20-26(2,22)23/h5-8,10-12,20H,3-4,9H2,1-2H3,(H,18,19,21). The minimum Gasteiger partial charge on any atom is -0.368 e. The lowest BCUT2D eigenvalue weighted by Gasteiger charge is -2.11. The zero-order valence-electron chi connectivity index (χ0n) is 14.6. The molecule has 0 spiro atoms. The summed E-state index contributed by atoms with van der Waals surface area (Å²) in [6, 6.07) is 6.88. The van der Waals surface area contributed by atoms with Crippen molar-refractivity contribution in [2.75, 3.05) is 22.9 Å². The molecule has 9 heteroatoms. The van der Waals surface area contributed by atoms with Gasteiger partial charge in [-0.25, -0.2) is 13.4 Å². The van der Waals surface area contributed by atoms with E-state index in [1.54, 1.807) is 31.2 Å². The number of amides is 1. The lowest BCUT2D eigenvalue weighted by Crippen LogP contribution is -2.28. The Labute approximate surface area is 156 Å². The number of aromatic nitrogens is 1. The molecule has 1 saturated carbocycles. The van der Waals surface area contributed by atoms with E-state index in [1.807, 2.05) is 5.38 Å². The summed E-state index contributed by atoms with van der Waals surface area (Å²) in [5, 5.41) is 5.11. The summed E-state index contributed by atoms with van der Waals surface area (Å²) < 4.78 is 30.4. The molecule has 0 bridgehead atoms. The molecular weight excluding hydrogens is 374 g/mol. The number of benzene rings is 1. The number of hydrogen-bond donors (Lipinski definition) is 2. The highest BCUT2D eigenvalue weighted by atomic mass is 32.2. The summed E-state index contributed by atoms with van der Waals surface area (Å²) in [6.45, 7) is 2.37. The molecule has 1 atom stereocenters. The summed E-state index contributed by atoms with van der Waals surface area (Å²) >= 11 is 1.33. The molecule has 140 valence electrons. The fourth-order valence-electron chi connectivity index (χ4n) is 2.23. The van der Waals surface area contributed by atoms with Crippen molar-refractivity contribution in [2.24, 2.45) is 5.92 Å². The average Bonchev–Trinajstić information content (AvgIpc) is 3.29. The second-order valence-electron chi connectivity index (χ2n) is 6.40. The number of sulfonamides is 1. The predicted molar refractivity (Wildman–Crippen MR) is 103 cm³/mol. The molecular formula is C17H21N3O4S2. The Morgan fingerprint density at radius 1 is 1.35 bits per heavy atom. The maximum absolute atomic E-state index is 12.1. The van der Waals surface area contributed by atoms with Crippen LogP contribution >= 0.6 is 11.3 Å².